The van der Waals surface area contributed by atoms with E-state index in [1.807, 2.05) is 0 Å². The number of nitrogens with one attached hydrogen (secondary N) is 2. The Morgan fingerprint density at radius 2 is 1.33 bits per heavy atom. The van der Waals surface area contributed by atoms with Gasteiger partial charge in [0.1, 0.15) is 0 Å². The summed E-state index contributed by atoms with van der Waals surface area (Å²) in [7, 11) is 0. The second-order valence-corrected chi connectivity index (χ2v) is 3.41. The summed E-state index contributed by atoms with van der Waals surface area (Å²) in [5, 5.41) is 6.89. The molecule has 0 saturated heterocycles. The molecule has 0 radical (unpaired) electrons. The van der Waals surface area contributed by atoms with Crippen LogP contribution < -0.4 is 10.6 Å². The molecule has 1 aliphatic heterocycles. The van der Waals surface area contributed by atoms with Crippen molar-refractivity contribution in [2.75, 3.05) is 10.6 Å². The van der Waals surface area contributed by atoms with Gasteiger partial charge in [0.2, 0.25) is 0 Å². The van der Waals surface area contributed by atoms with Crippen molar-refractivity contribution >= 4 is 11.4 Å². The molecule has 1 heterocycles. The van der Waals surface area contributed by atoms with E-state index in [2.05, 4.69) is 48.7 Å². The van der Waals surface area contributed by atoms with Crippen LogP contribution in [0.25, 0.3) is 0 Å². The molecule has 2 atom stereocenters. The van der Waals surface area contributed by atoms with Crippen LogP contribution in [0.2, 0.25) is 0 Å². The van der Waals surface area contributed by atoms with E-state index in [9.17, 15) is 0 Å². The van der Waals surface area contributed by atoms with E-state index in [0.29, 0.717) is 12.1 Å². The van der Waals surface area contributed by atoms with Crippen molar-refractivity contribution in [1.82, 2.24) is 0 Å². The lowest BCUT2D eigenvalue weighted by atomic mass is 10.1. The summed E-state index contributed by atoms with van der Waals surface area (Å²) >= 11 is 0. The third-order valence-corrected chi connectivity index (χ3v) is 2.44. The number of rotatable bonds is 0. The Balaban J connectivity index is 2.34. The second-order valence-electron chi connectivity index (χ2n) is 3.41. The molecule has 0 amide bonds. The summed E-state index contributed by atoms with van der Waals surface area (Å²) in [6.07, 6.45) is 0. The van der Waals surface area contributed by atoms with E-state index in [1.165, 1.54) is 11.4 Å². The van der Waals surface area contributed by atoms with Crippen molar-refractivity contribution in [2.45, 2.75) is 25.9 Å². The summed E-state index contributed by atoms with van der Waals surface area (Å²) in [6.45, 7) is 4.38. The number of hydrogen-bond donors (Lipinski definition) is 2. The van der Waals surface area contributed by atoms with Gasteiger partial charge in [-0.3, -0.25) is 0 Å². The van der Waals surface area contributed by atoms with Crippen molar-refractivity contribution in [3.8, 4) is 0 Å². The topological polar surface area (TPSA) is 24.1 Å². The Morgan fingerprint density at radius 3 is 1.75 bits per heavy atom. The molecule has 0 saturated carbocycles. The van der Waals surface area contributed by atoms with Crippen LogP contribution in [-0.2, 0) is 0 Å². The lowest BCUT2D eigenvalue weighted by Crippen LogP contribution is -2.38. The molecule has 2 rings (SSSR count). The first kappa shape index (κ1) is 7.47. The Kier molecular flexibility index (Phi) is 1.68. The Hall–Kier alpha value is -1.18. The summed E-state index contributed by atoms with van der Waals surface area (Å²) < 4.78 is 0. The van der Waals surface area contributed by atoms with Gasteiger partial charge in [-0.15, -0.1) is 0 Å². The average molecular weight is 162 g/mol. The maximum absolute atomic E-state index is 3.45. The molecule has 2 N–H and O–H groups in total. The van der Waals surface area contributed by atoms with Gasteiger partial charge in [-0.05, 0) is 26.0 Å². The third kappa shape index (κ3) is 1.13. The quantitative estimate of drug-likeness (QED) is 0.611. The lowest BCUT2D eigenvalue weighted by molar-refractivity contribution is 0.663. The molecular formula is C10H14N2. The van der Waals surface area contributed by atoms with Gasteiger partial charge in [0, 0.05) is 12.1 Å². The number of hydrogen-bond acceptors (Lipinski definition) is 2. The first-order valence-electron chi connectivity index (χ1n) is 4.39. The largest absolute Gasteiger partial charge is 0.379 e. The molecule has 0 bridgehead atoms. The van der Waals surface area contributed by atoms with Crippen LogP contribution >= 0.6 is 0 Å². The normalized spacial score (nSPS) is 26.8. The zero-order chi connectivity index (χ0) is 8.55. The van der Waals surface area contributed by atoms with Crippen LogP contribution in [0, 0.1) is 0 Å². The molecule has 0 aliphatic carbocycles. The van der Waals surface area contributed by atoms with E-state index in [1.54, 1.807) is 0 Å². The highest BCUT2D eigenvalue weighted by molar-refractivity contribution is 5.71. The minimum atomic E-state index is 0.500. The molecule has 1 aromatic rings. The molecule has 2 heteroatoms. The number of fused-ring (bicyclic) bond motifs is 1. The molecular weight excluding hydrogens is 148 g/mol. The van der Waals surface area contributed by atoms with Gasteiger partial charge in [0.05, 0.1) is 11.4 Å². The van der Waals surface area contributed by atoms with E-state index < -0.39 is 0 Å². The minimum absolute atomic E-state index is 0.500. The van der Waals surface area contributed by atoms with Crippen LogP contribution in [-0.4, -0.2) is 12.1 Å². The zero-order valence-corrected chi connectivity index (χ0v) is 7.46. The fourth-order valence-corrected chi connectivity index (χ4v) is 1.48. The van der Waals surface area contributed by atoms with Crippen LogP contribution in [0.5, 0.6) is 0 Å². The SMILES string of the molecule is CC1Nc2ccccc2NC1C. The number of para-hydroxylation sites is 2. The smallest absolute Gasteiger partial charge is 0.0578 e. The van der Waals surface area contributed by atoms with Crippen molar-refractivity contribution in [3.63, 3.8) is 0 Å². The first-order chi connectivity index (χ1) is 5.77. The lowest BCUT2D eigenvalue weighted by Gasteiger charge is -2.31. The van der Waals surface area contributed by atoms with Gasteiger partial charge in [0.25, 0.3) is 0 Å². The summed E-state index contributed by atoms with van der Waals surface area (Å²) in [6, 6.07) is 9.31. The molecule has 0 spiro atoms. The Morgan fingerprint density at radius 1 is 0.917 bits per heavy atom. The van der Waals surface area contributed by atoms with E-state index >= 15 is 0 Å². The third-order valence-electron chi connectivity index (χ3n) is 2.44. The summed E-state index contributed by atoms with van der Waals surface area (Å²) in [4.78, 5) is 0. The molecule has 0 aromatic heterocycles. The van der Waals surface area contributed by atoms with Crippen LogP contribution in [0.1, 0.15) is 13.8 Å². The second kappa shape index (κ2) is 2.70. The highest BCUT2D eigenvalue weighted by Crippen LogP contribution is 2.27. The molecule has 0 fully saturated rings. The fourth-order valence-electron chi connectivity index (χ4n) is 1.48. The minimum Gasteiger partial charge on any atom is -0.379 e. The maximum atomic E-state index is 3.45. The molecule has 1 aliphatic rings. The van der Waals surface area contributed by atoms with Crippen LogP contribution in [0.3, 0.4) is 0 Å². The van der Waals surface area contributed by atoms with Crippen LogP contribution in [0.4, 0.5) is 11.4 Å². The van der Waals surface area contributed by atoms with Gasteiger partial charge < -0.3 is 10.6 Å². The standard InChI is InChI=1S/C10H14N2/c1-7-8(2)12-10-6-4-3-5-9(10)11-7/h3-8,11-12H,1-2H3. The van der Waals surface area contributed by atoms with E-state index in [0.717, 1.165) is 0 Å². The molecule has 1 aromatic carbocycles. The average Bonchev–Trinajstić information content (AvgIpc) is 2.07. The van der Waals surface area contributed by atoms with Crippen molar-refractivity contribution in [3.05, 3.63) is 24.3 Å². The van der Waals surface area contributed by atoms with Crippen molar-refractivity contribution < 1.29 is 0 Å². The maximum Gasteiger partial charge on any atom is 0.0578 e. The predicted octanol–water partition coefficient (Wildman–Crippen LogP) is 2.30. The van der Waals surface area contributed by atoms with Gasteiger partial charge in [-0.1, -0.05) is 12.1 Å². The number of benzene rings is 1. The van der Waals surface area contributed by atoms with Gasteiger partial charge in [-0.2, -0.15) is 0 Å². The van der Waals surface area contributed by atoms with Crippen molar-refractivity contribution in [2.24, 2.45) is 0 Å². The van der Waals surface area contributed by atoms with Gasteiger partial charge >= 0.3 is 0 Å². The fraction of sp³-hybridized carbons (Fsp3) is 0.400. The summed E-state index contributed by atoms with van der Waals surface area (Å²) in [5.74, 6) is 0. The van der Waals surface area contributed by atoms with E-state index in [4.69, 9.17) is 0 Å². The summed E-state index contributed by atoms with van der Waals surface area (Å²) in [5.41, 5.74) is 2.42. The predicted molar refractivity (Wildman–Crippen MR) is 52.6 cm³/mol. The molecule has 64 valence electrons. The highest BCUT2D eigenvalue weighted by Gasteiger charge is 2.18. The Labute approximate surface area is 73.0 Å². The highest BCUT2D eigenvalue weighted by atomic mass is 15.1. The zero-order valence-electron chi connectivity index (χ0n) is 7.46. The molecule has 12 heavy (non-hydrogen) atoms. The van der Waals surface area contributed by atoms with Crippen molar-refractivity contribution in [1.29, 1.82) is 0 Å². The van der Waals surface area contributed by atoms with Gasteiger partial charge in [0.15, 0.2) is 0 Å². The van der Waals surface area contributed by atoms with Gasteiger partial charge in [-0.25, -0.2) is 0 Å². The van der Waals surface area contributed by atoms with Crippen LogP contribution in [0.15, 0.2) is 24.3 Å². The monoisotopic (exact) mass is 162 g/mol. The first-order valence-corrected chi connectivity index (χ1v) is 4.39. The number of anilines is 2. The van der Waals surface area contributed by atoms with E-state index in [-0.39, 0.29) is 0 Å². The molecule has 2 unspecified atom stereocenters. The molecule has 2 nitrogen and oxygen atoms in total. The Bertz CT molecular complexity index is 254.